The molecule has 10 heteroatoms. The highest BCUT2D eigenvalue weighted by molar-refractivity contribution is 7.99. The number of anilines is 1. The number of hydrogen-bond donors (Lipinski definition) is 1. The summed E-state index contributed by atoms with van der Waals surface area (Å²) >= 11 is 6.26. The van der Waals surface area contributed by atoms with Gasteiger partial charge in [0.05, 0.1) is 22.2 Å². The Morgan fingerprint density at radius 2 is 1.96 bits per heavy atom. The van der Waals surface area contributed by atoms with E-state index in [0.717, 1.165) is 5.56 Å². The topological polar surface area (TPSA) is 72.7 Å². The number of carbonyl (C=O) groups is 1. The van der Waals surface area contributed by atoms with E-state index in [2.05, 4.69) is 20.7 Å². The zero-order valence-corrected chi connectivity index (χ0v) is 16.1. The van der Waals surface area contributed by atoms with Crippen molar-refractivity contribution < 1.29 is 13.6 Å². The van der Waals surface area contributed by atoms with Crippen LogP contribution in [0.4, 0.5) is 14.5 Å². The first-order chi connectivity index (χ1) is 13.5. The molecule has 28 heavy (non-hydrogen) atoms. The minimum atomic E-state index is -2.63. The maximum Gasteiger partial charge on any atom is 0.289 e. The van der Waals surface area contributed by atoms with Crippen molar-refractivity contribution in [1.82, 2.24) is 20.2 Å². The van der Waals surface area contributed by atoms with Crippen molar-refractivity contribution in [2.45, 2.75) is 30.0 Å². The summed E-state index contributed by atoms with van der Waals surface area (Å²) in [7, 11) is 0. The highest BCUT2D eigenvalue weighted by Gasteiger charge is 2.15. The van der Waals surface area contributed by atoms with Crippen LogP contribution in [0.3, 0.4) is 0 Å². The first-order valence-corrected chi connectivity index (χ1v) is 9.65. The Morgan fingerprint density at radius 1 is 1.18 bits per heavy atom. The van der Waals surface area contributed by atoms with E-state index in [9.17, 15) is 13.6 Å². The fourth-order valence-electron chi connectivity index (χ4n) is 2.45. The summed E-state index contributed by atoms with van der Waals surface area (Å²) in [6.07, 6.45) is 0.641. The average Bonchev–Trinajstić information content (AvgIpc) is 3.14. The van der Waals surface area contributed by atoms with Crippen molar-refractivity contribution in [1.29, 1.82) is 0 Å². The standard InChI is InChI=1S/C18H16ClF2N5OS/c19-13-8-4-9-14(16(13)28-18(20)21)22-15(27)10-5-11-26-24-17(23-25-26)12-6-2-1-3-7-12/h1-4,6-9,18H,5,10-11H2,(H,22,27). The van der Waals surface area contributed by atoms with E-state index in [0.29, 0.717) is 30.6 Å². The number of thioether (sulfide) groups is 1. The second-order valence-electron chi connectivity index (χ2n) is 5.72. The molecule has 0 saturated heterocycles. The number of halogens is 3. The van der Waals surface area contributed by atoms with Gasteiger partial charge in [-0.1, -0.05) is 59.8 Å². The molecule has 0 aliphatic carbocycles. The first kappa shape index (κ1) is 20.2. The Labute approximate surface area is 169 Å². The minimum absolute atomic E-state index is 0.151. The normalized spacial score (nSPS) is 11.0. The summed E-state index contributed by atoms with van der Waals surface area (Å²) < 4.78 is 25.4. The van der Waals surface area contributed by atoms with Gasteiger partial charge in [0.15, 0.2) is 0 Å². The zero-order valence-electron chi connectivity index (χ0n) is 14.6. The molecule has 2 aromatic carbocycles. The Balaban J connectivity index is 1.53. The van der Waals surface area contributed by atoms with Crippen LogP contribution < -0.4 is 5.32 Å². The number of nitrogens with one attached hydrogen (secondary N) is 1. The SMILES string of the molecule is O=C(CCCn1nnc(-c2ccccc2)n1)Nc1cccc(Cl)c1SC(F)F. The Bertz CT molecular complexity index is 939. The highest BCUT2D eigenvalue weighted by atomic mass is 35.5. The number of amides is 1. The quantitative estimate of drug-likeness (QED) is 0.530. The molecule has 0 bridgehead atoms. The van der Waals surface area contributed by atoms with Gasteiger partial charge in [-0.25, -0.2) is 0 Å². The zero-order chi connectivity index (χ0) is 19.9. The van der Waals surface area contributed by atoms with Gasteiger partial charge in [0.25, 0.3) is 5.76 Å². The summed E-state index contributed by atoms with van der Waals surface area (Å²) in [6, 6.07) is 14.1. The summed E-state index contributed by atoms with van der Waals surface area (Å²) in [5.74, 6) is -2.42. The molecule has 1 aromatic heterocycles. The van der Waals surface area contributed by atoms with Crippen LogP contribution in [0, 0.1) is 0 Å². The van der Waals surface area contributed by atoms with Crippen molar-refractivity contribution in [3.05, 3.63) is 53.6 Å². The Kier molecular flexibility index (Phi) is 6.94. The minimum Gasteiger partial charge on any atom is -0.325 e. The van der Waals surface area contributed by atoms with E-state index in [1.165, 1.54) is 10.9 Å². The van der Waals surface area contributed by atoms with Gasteiger partial charge < -0.3 is 5.32 Å². The Hall–Kier alpha value is -2.52. The number of rotatable bonds is 8. The summed E-state index contributed by atoms with van der Waals surface area (Å²) in [4.78, 5) is 13.7. The highest BCUT2D eigenvalue weighted by Crippen LogP contribution is 2.37. The molecule has 6 nitrogen and oxygen atoms in total. The van der Waals surface area contributed by atoms with Crippen molar-refractivity contribution in [3.8, 4) is 11.4 Å². The third-order valence-electron chi connectivity index (χ3n) is 3.69. The molecule has 0 unspecified atom stereocenters. The van der Waals surface area contributed by atoms with Crippen LogP contribution in [-0.4, -0.2) is 31.9 Å². The monoisotopic (exact) mass is 423 g/mol. The fourth-order valence-corrected chi connectivity index (χ4v) is 3.36. The Morgan fingerprint density at radius 3 is 2.71 bits per heavy atom. The largest absolute Gasteiger partial charge is 0.325 e. The predicted molar refractivity (Wildman–Crippen MR) is 104 cm³/mol. The summed E-state index contributed by atoms with van der Waals surface area (Å²) in [5.41, 5.74) is 1.13. The van der Waals surface area contributed by atoms with E-state index in [1.807, 2.05) is 30.3 Å². The molecule has 0 fully saturated rings. The van der Waals surface area contributed by atoms with Gasteiger partial charge in [0.1, 0.15) is 0 Å². The third-order valence-corrected chi connectivity index (χ3v) is 4.98. The molecule has 3 aromatic rings. The maximum atomic E-state index is 12.7. The molecule has 1 N–H and O–H groups in total. The number of aromatic nitrogens is 4. The second kappa shape index (κ2) is 9.61. The van der Waals surface area contributed by atoms with E-state index in [1.54, 1.807) is 12.1 Å². The molecular formula is C18H16ClF2N5OS. The number of tetrazole rings is 1. The molecule has 0 aliphatic heterocycles. The lowest BCUT2D eigenvalue weighted by molar-refractivity contribution is -0.116. The van der Waals surface area contributed by atoms with Crippen LogP contribution in [0.25, 0.3) is 11.4 Å². The maximum absolute atomic E-state index is 12.7. The molecule has 0 spiro atoms. The molecule has 1 amide bonds. The number of hydrogen-bond acceptors (Lipinski definition) is 5. The van der Waals surface area contributed by atoms with Gasteiger partial charge in [0.2, 0.25) is 11.7 Å². The van der Waals surface area contributed by atoms with E-state index in [4.69, 9.17) is 11.6 Å². The molecule has 0 aliphatic rings. The van der Waals surface area contributed by atoms with Gasteiger partial charge in [-0.15, -0.1) is 10.2 Å². The van der Waals surface area contributed by atoms with Gasteiger partial charge in [0, 0.05) is 12.0 Å². The van der Waals surface area contributed by atoms with Crippen LogP contribution >= 0.6 is 23.4 Å². The first-order valence-electron chi connectivity index (χ1n) is 8.39. The summed E-state index contributed by atoms with van der Waals surface area (Å²) in [6.45, 7) is 0.404. The van der Waals surface area contributed by atoms with Crippen LogP contribution in [0.1, 0.15) is 12.8 Å². The molecule has 146 valence electrons. The number of alkyl halides is 2. The summed E-state index contributed by atoms with van der Waals surface area (Å²) in [5, 5.41) is 15.0. The number of carbonyl (C=O) groups excluding carboxylic acids is 1. The molecule has 1 heterocycles. The molecule has 0 saturated carbocycles. The van der Waals surface area contributed by atoms with Crippen molar-refractivity contribution >= 4 is 35.0 Å². The van der Waals surface area contributed by atoms with Gasteiger partial charge in [-0.05, 0) is 23.8 Å². The number of aryl methyl sites for hydroxylation is 1. The lowest BCUT2D eigenvalue weighted by Gasteiger charge is -2.11. The molecular weight excluding hydrogens is 408 g/mol. The van der Waals surface area contributed by atoms with Crippen LogP contribution in [0.5, 0.6) is 0 Å². The van der Waals surface area contributed by atoms with Crippen LogP contribution in [-0.2, 0) is 11.3 Å². The van der Waals surface area contributed by atoms with Gasteiger partial charge in [-0.3, -0.25) is 4.79 Å². The number of nitrogens with zero attached hydrogens (tertiary/aromatic N) is 4. The van der Waals surface area contributed by atoms with E-state index < -0.39 is 5.76 Å². The van der Waals surface area contributed by atoms with E-state index >= 15 is 0 Å². The van der Waals surface area contributed by atoms with Gasteiger partial charge in [-0.2, -0.15) is 13.6 Å². The fraction of sp³-hybridized carbons (Fsp3) is 0.222. The van der Waals surface area contributed by atoms with E-state index in [-0.39, 0.29) is 27.9 Å². The third kappa shape index (κ3) is 5.49. The number of benzene rings is 2. The van der Waals surface area contributed by atoms with Crippen LogP contribution in [0.15, 0.2) is 53.4 Å². The van der Waals surface area contributed by atoms with Crippen molar-refractivity contribution in [3.63, 3.8) is 0 Å². The predicted octanol–water partition coefficient (Wildman–Crippen LogP) is 4.73. The second-order valence-corrected chi connectivity index (χ2v) is 7.13. The van der Waals surface area contributed by atoms with Crippen LogP contribution in [0.2, 0.25) is 5.02 Å². The average molecular weight is 424 g/mol. The van der Waals surface area contributed by atoms with Crippen molar-refractivity contribution in [2.24, 2.45) is 0 Å². The lowest BCUT2D eigenvalue weighted by Crippen LogP contribution is -2.14. The molecule has 0 atom stereocenters. The molecule has 0 radical (unpaired) electrons. The molecule has 3 rings (SSSR count). The lowest BCUT2D eigenvalue weighted by atomic mass is 10.2. The van der Waals surface area contributed by atoms with Crippen molar-refractivity contribution in [2.75, 3.05) is 5.32 Å². The van der Waals surface area contributed by atoms with Gasteiger partial charge >= 0.3 is 0 Å². The smallest absolute Gasteiger partial charge is 0.289 e.